The molecule has 0 aliphatic rings. The van der Waals surface area contributed by atoms with E-state index in [0.717, 1.165) is 27.1 Å². The second kappa shape index (κ2) is 9.75. The fourth-order valence-corrected chi connectivity index (χ4v) is 4.43. The fraction of sp³-hybridized carbons (Fsp3) is 0.179. The second-order valence-electron chi connectivity index (χ2n) is 8.34. The number of rotatable bonds is 7. The number of benzene rings is 4. The van der Waals surface area contributed by atoms with E-state index in [0.29, 0.717) is 5.69 Å². The lowest BCUT2D eigenvalue weighted by Gasteiger charge is -2.32. The molecule has 6 nitrogen and oxygen atoms in total. The summed E-state index contributed by atoms with van der Waals surface area (Å²) in [5, 5.41) is 3.88. The summed E-state index contributed by atoms with van der Waals surface area (Å²) in [4.78, 5) is 41.1. The maximum Gasteiger partial charge on any atom is 0.243 e. The number of carbonyl (C=O) groups is 3. The summed E-state index contributed by atoms with van der Waals surface area (Å²) in [5.74, 6) is -1.23. The Morgan fingerprint density at radius 2 is 1.32 bits per heavy atom. The highest BCUT2D eigenvalue weighted by Crippen LogP contribution is 2.30. The third-order valence-corrected chi connectivity index (χ3v) is 6.12. The molecule has 3 amide bonds. The molecule has 0 unspecified atom stereocenters. The van der Waals surface area contributed by atoms with Crippen molar-refractivity contribution in [3.8, 4) is 0 Å². The summed E-state index contributed by atoms with van der Waals surface area (Å²) in [6, 6.07) is 26.7. The first-order valence-electron chi connectivity index (χ1n) is 11.2. The third-order valence-electron chi connectivity index (χ3n) is 6.12. The molecule has 0 saturated carbocycles. The van der Waals surface area contributed by atoms with Gasteiger partial charge in [-0.25, -0.2) is 0 Å². The Balaban J connectivity index is 1.70. The van der Waals surface area contributed by atoms with Gasteiger partial charge in [-0.1, -0.05) is 78.9 Å². The summed E-state index contributed by atoms with van der Waals surface area (Å²) in [6.07, 6.45) is 0. The highest BCUT2D eigenvalue weighted by Gasteiger charge is 2.27. The molecule has 2 N–H and O–H groups in total. The molecule has 0 aromatic heterocycles. The van der Waals surface area contributed by atoms with Gasteiger partial charge in [0.2, 0.25) is 17.7 Å². The van der Waals surface area contributed by atoms with Crippen molar-refractivity contribution >= 4 is 45.0 Å². The van der Waals surface area contributed by atoms with Crippen LogP contribution in [0.5, 0.6) is 0 Å². The summed E-state index contributed by atoms with van der Waals surface area (Å²) in [5.41, 5.74) is 7.08. The highest BCUT2D eigenvalue weighted by molar-refractivity contribution is 6.06. The average molecular weight is 454 g/mol. The third kappa shape index (κ3) is 4.62. The van der Waals surface area contributed by atoms with E-state index in [1.807, 2.05) is 91.9 Å². The normalized spacial score (nSPS) is 11.8. The number of primary amides is 1. The number of fused-ring (bicyclic) bond motifs is 2. The standard InChI is InChI=1S/C28H27N3O3/c1-19(23-15-7-11-21-9-3-5-13-24(21)23)30(17-27(29)33)28(34)18-31(20(2)32)26-16-8-12-22-10-4-6-14-25(22)26/h3-16,19H,17-18H2,1-2H3,(H2,29,33)/t19-/m0/s1. The number of amides is 3. The monoisotopic (exact) mass is 453 g/mol. The van der Waals surface area contributed by atoms with Crippen LogP contribution < -0.4 is 10.6 Å². The largest absolute Gasteiger partial charge is 0.368 e. The number of nitrogens with two attached hydrogens (primary N) is 1. The van der Waals surface area contributed by atoms with Crippen LogP contribution in [-0.4, -0.2) is 35.7 Å². The van der Waals surface area contributed by atoms with Crippen molar-refractivity contribution in [3.63, 3.8) is 0 Å². The molecule has 1 atom stereocenters. The van der Waals surface area contributed by atoms with Gasteiger partial charge in [-0.2, -0.15) is 0 Å². The first kappa shape index (κ1) is 23.0. The van der Waals surface area contributed by atoms with E-state index >= 15 is 0 Å². The lowest BCUT2D eigenvalue weighted by atomic mass is 9.98. The molecule has 4 aromatic carbocycles. The molecule has 172 valence electrons. The molecule has 0 spiro atoms. The maximum atomic E-state index is 13.6. The van der Waals surface area contributed by atoms with Crippen molar-refractivity contribution in [1.29, 1.82) is 0 Å². The van der Waals surface area contributed by atoms with Gasteiger partial charge in [-0.05, 0) is 34.7 Å². The van der Waals surface area contributed by atoms with Crippen LogP contribution in [0.3, 0.4) is 0 Å². The van der Waals surface area contributed by atoms with Gasteiger partial charge < -0.3 is 15.5 Å². The van der Waals surface area contributed by atoms with E-state index in [1.165, 1.54) is 16.7 Å². The van der Waals surface area contributed by atoms with Gasteiger partial charge in [0, 0.05) is 12.3 Å². The first-order chi connectivity index (χ1) is 16.4. The number of hydrogen-bond donors (Lipinski definition) is 1. The fourth-order valence-electron chi connectivity index (χ4n) is 4.43. The van der Waals surface area contributed by atoms with E-state index in [2.05, 4.69) is 0 Å². The van der Waals surface area contributed by atoms with Crippen LogP contribution in [0.2, 0.25) is 0 Å². The number of anilines is 1. The molecule has 0 radical (unpaired) electrons. The van der Waals surface area contributed by atoms with E-state index in [4.69, 9.17) is 5.73 Å². The molecule has 34 heavy (non-hydrogen) atoms. The van der Waals surface area contributed by atoms with Gasteiger partial charge in [0.15, 0.2) is 0 Å². The number of hydrogen-bond acceptors (Lipinski definition) is 3. The SMILES string of the molecule is CC(=O)N(CC(=O)N(CC(N)=O)[C@@H](C)c1cccc2ccccc12)c1cccc2ccccc12. The molecule has 4 aromatic rings. The molecule has 0 heterocycles. The minimum atomic E-state index is -0.611. The van der Waals surface area contributed by atoms with Gasteiger partial charge in [0.1, 0.15) is 6.54 Å². The van der Waals surface area contributed by atoms with E-state index in [1.54, 1.807) is 0 Å². The molecular weight excluding hydrogens is 426 g/mol. The van der Waals surface area contributed by atoms with Crippen molar-refractivity contribution in [2.75, 3.05) is 18.0 Å². The summed E-state index contributed by atoms with van der Waals surface area (Å²) in [6.45, 7) is 2.86. The molecule has 0 aliphatic heterocycles. The molecule has 0 bridgehead atoms. The molecule has 4 rings (SSSR count). The van der Waals surface area contributed by atoms with Crippen LogP contribution in [0.4, 0.5) is 5.69 Å². The highest BCUT2D eigenvalue weighted by atomic mass is 16.2. The Morgan fingerprint density at radius 1 is 0.765 bits per heavy atom. The van der Waals surface area contributed by atoms with Crippen LogP contribution in [0, 0.1) is 0 Å². The summed E-state index contributed by atoms with van der Waals surface area (Å²) >= 11 is 0. The second-order valence-corrected chi connectivity index (χ2v) is 8.34. The number of nitrogens with zero attached hydrogens (tertiary/aromatic N) is 2. The van der Waals surface area contributed by atoms with Crippen molar-refractivity contribution < 1.29 is 14.4 Å². The number of carbonyl (C=O) groups excluding carboxylic acids is 3. The van der Waals surface area contributed by atoms with Crippen LogP contribution in [0.1, 0.15) is 25.5 Å². The zero-order chi connectivity index (χ0) is 24.2. The molecule has 0 aliphatic carbocycles. The quantitative estimate of drug-likeness (QED) is 0.450. The Labute approximate surface area is 198 Å². The van der Waals surface area contributed by atoms with Crippen molar-refractivity contribution in [1.82, 2.24) is 4.90 Å². The Bertz CT molecular complexity index is 1370. The molecule has 0 saturated heterocycles. The summed E-state index contributed by atoms with van der Waals surface area (Å²) in [7, 11) is 0. The summed E-state index contributed by atoms with van der Waals surface area (Å²) < 4.78 is 0. The van der Waals surface area contributed by atoms with Crippen LogP contribution in [-0.2, 0) is 14.4 Å². The van der Waals surface area contributed by atoms with E-state index < -0.39 is 11.9 Å². The van der Waals surface area contributed by atoms with Gasteiger partial charge in [0.25, 0.3) is 0 Å². The smallest absolute Gasteiger partial charge is 0.243 e. The van der Waals surface area contributed by atoms with Gasteiger partial charge in [-0.15, -0.1) is 0 Å². The van der Waals surface area contributed by atoms with Crippen molar-refractivity contribution in [2.24, 2.45) is 5.73 Å². The Morgan fingerprint density at radius 3 is 1.97 bits per heavy atom. The Hall–Kier alpha value is -4.19. The lowest BCUT2D eigenvalue weighted by Crippen LogP contribution is -2.46. The average Bonchev–Trinajstić information content (AvgIpc) is 2.84. The van der Waals surface area contributed by atoms with Crippen molar-refractivity contribution in [3.05, 3.63) is 90.5 Å². The van der Waals surface area contributed by atoms with Gasteiger partial charge >= 0.3 is 0 Å². The zero-order valence-electron chi connectivity index (χ0n) is 19.3. The molecule has 6 heteroatoms. The van der Waals surface area contributed by atoms with Crippen LogP contribution in [0.25, 0.3) is 21.5 Å². The van der Waals surface area contributed by atoms with E-state index in [-0.39, 0.29) is 24.9 Å². The topological polar surface area (TPSA) is 83.7 Å². The minimum Gasteiger partial charge on any atom is -0.368 e. The van der Waals surface area contributed by atoms with Gasteiger partial charge in [0.05, 0.1) is 18.3 Å². The van der Waals surface area contributed by atoms with Crippen molar-refractivity contribution in [2.45, 2.75) is 19.9 Å². The first-order valence-corrected chi connectivity index (χ1v) is 11.2. The predicted octanol–water partition coefficient (Wildman–Crippen LogP) is 4.42. The molecular formula is C28H27N3O3. The lowest BCUT2D eigenvalue weighted by molar-refractivity contribution is -0.136. The van der Waals surface area contributed by atoms with Crippen LogP contribution in [0.15, 0.2) is 84.9 Å². The predicted molar refractivity (Wildman–Crippen MR) is 135 cm³/mol. The van der Waals surface area contributed by atoms with E-state index in [9.17, 15) is 14.4 Å². The zero-order valence-corrected chi connectivity index (χ0v) is 19.3. The minimum absolute atomic E-state index is 0.203. The van der Waals surface area contributed by atoms with Crippen LogP contribution >= 0.6 is 0 Å². The maximum absolute atomic E-state index is 13.6. The van der Waals surface area contributed by atoms with Gasteiger partial charge in [-0.3, -0.25) is 14.4 Å². The molecule has 0 fully saturated rings. The Kier molecular flexibility index (Phi) is 6.59.